The zero-order valence-electron chi connectivity index (χ0n) is 8.25. The van der Waals surface area contributed by atoms with Gasteiger partial charge >= 0.3 is 0 Å². The highest BCUT2D eigenvalue weighted by atomic mass is 14.2. The molecule has 68 valence electrons. The van der Waals surface area contributed by atoms with Crippen molar-refractivity contribution < 1.29 is 0 Å². The number of benzene rings is 1. The summed E-state index contributed by atoms with van der Waals surface area (Å²) in [6.45, 7) is 4.42. The Hall–Kier alpha value is -1.29. The Morgan fingerprint density at radius 1 is 1.31 bits per heavy atom. The predicted octanol–water partition coefficient (Wildman–Crippen LogP) is 3.46. The van der Waals surface area contributed by atoms with E-state index in [9.17, 15) is 0 Å². The van der Waals surface area contributed by atoms with Crippen LogP contribution >= 0.6 is 0 Å². The van der Waals surface area contributed by atoms with Crippen molar-refractivity contribution in [3.63, 3.8) is 0 Å². The minimum absolute atomic E-state index is 0.609. The van der Waals surface area contributed by atoms with Gasteiger partial charge in [0.05, 0.1) is 11.6 Å². The lowest BCUT2D eigenvalue weighted by molar-refractivity contribution is 0.665. The van der Waals surface area contributed by atoms with E-state index in [1.807, 2.05) is 12.1 Å². The molecule has 0 aliphatic heterocycles. The maximum atomic E-state index is 8.62. The van der Waals surface area contributed by atoms with Gasteiger partial charge in [-0.25, -0.2) is 0 Å². The molecule has 0 saturated carbocycles. The Bertz CT molecular complexity index is 292. The van der Waals surface area contributed by atoms with Crippen LogP contribution in [0.3, 0.4) is 0 Å². The molecule has 0 amide bonds. The van der Waals surface area contributed by atoms with Gasteiger partial charge in [0, 0.05) is 0 Å². The monoisotopic (exact) mass is 173 g/mol. The number of nitriles is 1. The molecule has 0 saturated heterocycles. The number of rotatable bonds is 3. The van der Waals surface area contributed by atoms with Gasteiger partial charge in [0.25, 0.3) is 0 Å². The quantitative estimate of drug-likeness (QED) is 0.686. The Balaban J connectivity index is 2.75. The van der Waals surface area contributed by atoms with Crippen molar-refractivity contribution in [1.29, 1.82) is 5.26 Å². The van der Waals surface area contributed by atoms with E-state index in [-0.39, 0.29) is 0 Å². The van der Waals surface area contributed by atoms with Gasteiger partial charge in [0.15, 0.2) is 0 Å². The van der Waals surface area contributed by atoms with Crippen LogP contribution in [0.4, 0.5) is 0 Å². The maximum Gasteiger partial charge on any atom is 0.0991 e. The lowest BCUT2D eigenvalue weighted by Crippen LogP contribution is -1.92. The molecule has 1 aromatic rings. The van der Waals surface area contributed by atoms with Gasteiger partial charge in [-0.15, -0.1) is 0 Å². The number of hydrogen-bond donors (Lipinski definition) is 0. The zero-order valence-corrected chi connectivity index (χ0v) is 8.25. The Labute approximate surface area is 80.0 Å². The lowest BCUT2D eigenvalue weighted by Gasteiger charge is -2.09. The Morgan fingerprint density at radius 2 is 1.92 bits per heavy atom. The first-order valence-corrected chi connectivity index (χ1v) is 4.78. The molecule has 0 N–H and O–H groups in total. The third kappa shape index (κ3) is 2.59. The van der Waals surface area contributed by atoms with Crippen LogP contribution in [0.1, 0.15) is 43.7 Å². The van der Waals surface area contributed by atoms with Crippen molar-refractivity contribution in [2.24, 2.45) is 0 Å². The van der Waals surface area contributed by atoms with Crippen LogP contribution in [-0.2, 0) is 0 Å². The SMILES string of the molecule is CCCC(C)c1ccc(C#N)cc1. The molecule has 0 spiro atoms. The summed E-state index contributed by atoms with van der Waals surface area (Å²) < 4.78 is 0. The van der Waals surface area contributed by atoms with Crippen LogP contribution < -0.4 is 0 Å². The van der Waals surface area contributed by atoms with Gasteiger partial charge in [-0.2, -0.15) is 5.26 Å². The molecule has 0 aliphatic carbocycles. The van der Waals surface area contributed by atoms with Crippen molar-refractivity contribution in [2.45, 2.75) is 32.6 Å². The van der Waals surface area contributed by atoms with E-state index < -0.39 is 0 Å². The fourth-order valence-electron chi connectivity index (χ4n) is 1.49. The van der Waals surface area contributed by atoms with Crippen LogP contribution in [0.2, 0.25) is 0 Å². The molecular formula is C12H15N. The van der Waals surface area contributed by atoms with Crippen LogP contribution in [-0.4, -0.2) is 0 Å². The number of nitrogens with zero attached hydrogens (tertiary/aromatic N) is 1. The van der Waals surface area contributed by atoms with Gasteiger partial charge in [-0.3, -0.25) is 0 Å². The van der Waals surface area contributed by atoms with Crippen LogP contribution in [0.25, 0.3) is 0 Å². The van der Waals surface area contributed by atoms with Gasteiger partial charge in [-0.05, 0) is 30.0 Å². The normalized spacial score (nSPS) is 12.1. The van der Waals surface area contributed by atoms with E-state index in [2.05, 4.69) is 32.0 Å². The topological polar surface area (TPSA) is 23.8 Å². The maximum absolute atomic E-state index is 8.62. The molecule has 0 aromatic heterocycles. The molecule has 0 aliphatic rings. The molecule has 0 fully saturated rings. The highest BCUT2D eigenvalue weighted by molar-refractivity contribution is 5.32. The molecule has 1 nitrogen and oxygen atoms in total. The molecule has 0 bridgehead atoms. The van der Waals surface area contributed by atoms with Crippen LogP contribution in [0.15, 0.2) is 24.3 Å². The fourth-order valence-corrected chi connectivity index (χ4v) is 1.49. The summed E-state index contributed by atoms with van der Waals surface area (Å²) in [5.74, 6) is 0.609. The Morgan fingerprint density at radius 3 is 2.38 bits per heavy atom. The standard InChI is InChI=1S/C12H15N/c1-3-4-10(2)12-7-5-11(9-13)6-8-12/h5-8,10H,3-4H2,1-2H3. The first-order valence-electron chi connectivity index (χ1n) is 4.78. The van der Waals surface area contributed by atoms with Crippen molar-refractivity contribution in [1.82, 2.24) is 0 Å². The highest BCUT2D eigenvalue weighted by Crippen LogP contribution is 2.20. The Kier molecular flexibility index (Phi) is 3.52. The average Bonchev–Trinajstić information content (AvgIpc) is 2.18. The third-order valence-corrected chi connectivity index (χ3v) is 2.33. The zero-order chi connectivity index (χ0) is 9.68. The van der Waals surface area contributed by atoms with E-state index in [0.29, 0.717) is 5.92 Å². The molecule has 0 heterocycles. The highest BCUT2D eigenvalue weighted by Gasteiger charge is 2.03. The second-order valence-corrected chi connectivity index (χ2v) is 3.42. The predicted molar refractivity (Wildman–Crippen MR) is 54.5 cm³/mol. The summed E-state index contributed by atoms with van der Waals surface area (Å²) in [5, 5.41) is 8.62. The summed E-state index contributed by atoms with van der Waals surface area (Å²) >= 11 is 0. The van der Waals surface area contributed by atoms with E-state index in [1.54, 1.807) is 0 Å². The second-order valence-electron chi connectivity index (χ2n) is 3.42. The molecule has 0 radical (unpaired) electrons. The fraction of sp³-hybridized carbons (Fsp3) is 0.417. The van der Waals surface area contributed by atoms with Crippen LogP contribution in [0, 0.1) is 11.3 Å². The smallest absolute Gasteiger partial charge is 0.0991 e. The molecule has 1 rings (SSSR count). The largest absolute Gasteiger partial charge is 0.192 e. The van der Waals surface area contributed by atoms with E-state index in [0.717, 1.165) is 5.56 Å². The molecule has 1 unspecified atom stereocenters. The van der Waals surface area contributed by atoms with Crippen molar-refractivity contribution in [2.75, 3.05) is 0 Å². The lowest BCUT2D eigenvalue weighted by atomic mass is 9.96. The molecule has 1 heteroatoms. The van der Waals surface area contributed by atoms with Crippen molar-refractivity contribution in [3.05, 3.63) is 35.4 Å². The summed E-state index contributed by atoms with van der Waals surface area (Å²) in [7, 11) is 0. The first kappa shape index (κ1) is 9.80. The van der Waals surface area contributed by atoms with Gasteiger partial charge < -0.3 is 0 Å². The summed E-state index contributed by atoms with van der Waals surface area (Å²) in [4.78, 5) is 0. The summed E-state index contributed by atoms with van der Waals surface area (Å²) in [5.41, 5.74) is 2.08. The van der Waals surface area contributed by atoms with E-state index >= 15 is 0 Å². The van der Waals surface area contributed by atoms with Gasteiger partial charge in [-0.1, -0.05) is 32.4 Å². The third-order valence-electron chi connectivity index (χ3n) is 2.33. The molecule has 1 aromatic carbocycles. The first-order chi connectivity index (χ1) is 6.27. The number of hydrogen-bond acceptors (Lipinski definition) is 1. The second kappa shape index (κ2) is 4.67. The van der Waals surface area contributed by atoms with Crippen molar-refractivity contribution >= 4 is 0 Å². The summed E-state index contributed by atoms with van der Waals surface area (Å²) in [6, 6.07) is 10.0. The van der Waals surface area contributed by atoms with Crippen molar-refractivity contribution in [3.8, 4) is 6.07 Å². The minimum atomic E-state index is 0.609. The molecular weight excluding hydrogens is 158 g/mol. The molecule has 13 heavy (non-hydrogen) atoms. The van der Waals surface area contributed by atoms with E-state index in [1.165, 1.54) is 18.4 Å². The average molecular weight is 173 g/mol. The minimum Gasteiger partial charge on any atom is -0.192 e. The summed E-state index contributed by atoms with van der Waals surface area (Å²) in [6.07, 6.45) is 2.42. The van der Waals surface area contributed by atoms with E-state index in [4.69, 9.17) is 5.26 Å². The van der Waals surface area contributed by atoms with Crippen LogP contribution in [0.5, 0.6) is 0 Å². The van der Waals surface area contributed by atoms with Gasteiger partial charge in [0.2, 0.25) is 0 Å². The van der Waals surface area contributed by atoms with Gasteiger partial charge in [0.1, 0.15) is 0 Å². The molecule has 1 atom stereocenters.